The summed E-state index contributed by atoms with van der Waals surface area (Å²) in [4.78, 5) is 23.4. The quantitative estimate of drug-likeness (QED) is 0.893. The molecule has 0 radical (unpaired) electrons. The maximum Gasteiger partial charge on any atom is 0.287 e. The summed E-state index contributed by atoms with van der Waals surface area (Å²) in [7, 11) is 1.52. The first-order valence-corrected chi connectivity index (χ1v) is 5.55. The summed E-state index contributed by atoms with van der Waals surface area (Å²) in [6.07, 6.45) is 0. The Kier molecular flexibility index (Phi) is 3.32. The molecule has 1 N–H and O–H groups in total. The van der Waals surface area contributed by atoms with Crippen molar-refractivity contribution in [1.82, 2.24) is 5.32 Å². The second-order valence-corrected chi connectivity index (χ2v) is 3.70. The molecular formula is C13H13NO4. The molecule has 0 fully saturated rings. The second kappa shape index (κ2) is 4.91. The smallest absolute Gasteiger partial charge is 0.287 e. The molecule has 0 spiro atoms. The first-order valence-electron chi connectivity index (χ1n) is 5.55. The van der Waals surface area contributed by atoms with Gasteiger partial charge in [-0.25, -0.2) is 0 Å². The molecule has 1 aromatic carbocycles. The molecule has 1 aromatic heterocycles. The fourth-order valence-corrected chi connectivity index (χ4v) is 1.62. The fourth-order valence-electron chi connectivity index (χ4n) is 1.62. The summed E-state index contributed by atoms with van der Waals surface area (Å²) >= 11 is 0. The second-order valence-electron chi connectivity index (χ2n) is 3.70. The zero-order valence-corrected chi connectivity index (χ0v) is 10.1. The van der Waals surface area contributed by atoms with Crippen LogP contribution in [0.4, 0.5) is 0 Å². The minimum atomic E-state index is -0.403. The summed E-state index contributed by atoms with van der Waals surface area (Å²) in [5, 5.41) is 3.00. The molecule has 0 aliphatic carbocycles. The Morgan fingerprint density at radius 2 is 2.17 bits per heavy atom. The highest BCUT2D eigenvalue weighted by Crippen LogP contribution is 2.19. The lowest BCUT2D eigenvalue weighted by Crippen LogP contribution is -2.23. The van der Waals surface area contributed by atoms with E-state index in [4.69, 9.17) is 9.15 Å². The molecule has 0 saturated carbocycles. The number of nitrogens with one attached hydrogen (secondary N) is 1. The van der Waals surface area contributed by atoms with E-state index >= 15 is 0 Å². The van der Waals surface area contributed by atoms with Gasteiger partial charge in [-0.05, 0) is 19.1 Å². The number of carbonyl (C=O) groups is 1. The maximum atomic E-state index is 11.8. The van der Waals surface area contributed by atoms with Gasteiger partial charge in [-0.15, -0.1) is 0 Å². The van der Waals surface area contributed by atoms with Crippen molar-refractivity contribution in [2.24, 2.45) is 0 Å². The van der Waals surface area contributed by atoms with E-state index in [1.54, 1.807) is 25.1 Å². The van der Waals surface area contributed by atoms with Crippen LogP contribution in [0.3, 0.4) is 0 Å². The van der Waals surface area contributed by atoms with Gasteiger partial charge in [0.15, 0.2) is 11.2 Å². The largest absolute Gasteiger partial charge is 0.497 e. The number of hydrogen-bond acceptors (Lipinski definition) is 4. The Hall–Kier alpha value is -2.30. The van der Waals surface area contributed by atoms with Gasteiger partial charge in [0.25, 0.3) is 5.91 Å². The van der Waals surface area contributed by atoms with Crippen molar-refractivity contribution in [3.8, 4) is 5.75 Å². The molecule has 0 aliphatic heterocycles. The van der Waals surface area contributed by atoms with Crippen molar-refractivity contribution in [2.45, 2.75) is 6.92 Å². The molecular weight excluding hydrogens is 234 g/mol. The van der Waals surface area contributed by atoms with E-state index in [1.807, 2.05) is 0 Å². The number of benzene rings is 1. The molecule has 2 aromatic rings. The molecule has 0 bridgehead atoms. The van der Waals surface area contributed by atoms with E-state index < -0.39 is 5.91 Å². The van der Waals surface area contributed by atoms with E-state index in [9.17, 15) is 9.59 Å². The van der Waals surface area contributed by atoms with Crippen LogP contribution >= 0.6 is 0 Å². The first kappa shape index (κ1) is 12.2. The van der Waals surface area contributed by atoms with Crippen LogP contribution in [0.15, 0.2) is 33.5 Å². The lowest BCUT2D eigenvalue weighted by molar-refractivity contribution is 0.0928. The molecule has 0 atom stereocenters. The van der Waals surface area contributed by atoms with Crippen molar-refractivity contribution in [3.05, 3.63) is 40.2 Å². The minimum absolute atomic E-state index is 0.00241. The molecule has 18 heavy (non-hydrogen) atoms. The fraction of sp³-hybridized carbons (Fsp3) is 0.231. The Balaban J connectivity index is 2.59. The summed E-state index contributed by atoms with van der Waals surface area (Å²) in [5.41, 5.74) is 0.0864. The van der Waals surface area contributed by atoms with Gasteiger partial charge >= 0.3 is 0 Å². The van der Waals surface area contributed by atoms with Gasteiger partial charge in [-0.1, -0.05) is 0 Å². The van der Waals surface area contributed by atoms with Gasteiger partial charge in [0.2, 0.25) is 0 Å². The number of amides is 1. The number of ether oxygens (including phenoxy) is 1. The molecule has 1 amide bonds. The average molecular weight is 247 g/mol. The zero-order chi connectivity index (χ0) is 13.1. The van der Waals surface area contributed by atoms with Gasteiger partial charge in [-0.2, -0.15) is 0 Å². The monoisotopic (exact) mass is 247 g/mol. The third kappa shape index (κ3) is 2.20. The van der Waals surface area contributed by atoms with E-state index in [1.165, 1.54) is 13.2 Å². The standard InChI is InChI=1S/C13H13NO4/c1-3-14-13(16)12-7-10(15)9-5-4-8(17-2)6-11(9)18-12/h4-7H,3H2,1-2H3,(H,14,16). The van der Waals surface area contributed by atoms with Crippen molar-refractivity contribution < 1.29 is 13.9 Å². The SMILES string of the molecule is CCNC(=O)c1cc(=O)c2ccc(OC)cc2o1. The molecule has 1 heterocycles. The highest BCUT2D eigenvalue weighted by Gasteiger charge is 2.11. The predicted octanol–water partition coefficient (Wildman–Crippen LogP) is 1.55. The van der Waals surface area contributed by atoms with Gasteiger partial charge in [0.1, 0.15) is 11.3 Å². The lowest BCUT2D eigenvalue weighted by atomic mass is 10.2. The third-order valence-electron chi connectivity index (χ3n) is 2.50. The Labute approximate surface area is 103 Å². The normalized spacial score (nSPS) is 10.3. The average Bonchev–Trinajstić information content (AvgIpc) is 2.38. The number of hydrogen-bond donors (Lipinski definition) is 1. The van der Waals surface area contributed by atoms with Crippen LogP contribution in [-0.4, -0.2) is 19.6 Å². The first-order chi connectivity index (χ1) is 8.65. The predicted molar refractivity (Wildman–Crippen MR) is 67.0 cm³/mol. The molecule has 0 unspecified atom stereocenters. The summed E-state index contributed by atoms with van der Waals surface area (Å²) in [5.74, 6) is 0.167. The molecule has 2 rings (SSSR count). The number of fused-ring (bicyclic) bond motifs is 1. The lowest BCUT2D eigenvalue weighted by Gasteiger charge is -2.04. The Morgan fingerprint density at radius 3 is 2.83 bits per heavy atom. The molecule has 94 valence electrons. The van der Waals surface area contributed by atoms with Crippen molar-refractivity contribution >= 4 is 16.9 Å². The number of carbonyl (C=O) groups excluding carboxylic acids is 1. The Morgan fingerprint density at radius 1 is 1.39 bits per heavy atom. The van der Waals surface area contributed by atoms with E-state index in [2.05, 4.69) is 5.32 Å². The zero-order valence-electron chi connectivity index (χ0n) is 10.1. The van der Waals surface area contributed by atoms with Gasteiger partial charge < -0.3 is 14.5 Å². The maximum absolute atomic E-state index is 11.8. The summed E-state index contributed by atoms with van der Waals surface area (Å²) < 4.78 is 10.5. The van der Waals surface area contributed by atoms with Crippen molar-refractivity contribution in [1.29, 1.82) is 0 Å². The van der Waals surface area contributed by atoms with Crippen LogP contribution < -0.4 is 15.5 Å². The van der Waals surface area contributed by atoms with Crippen LogP contribution in [0.25, 0.3) is 11.0 Å². The van der Waals surface area contributed by atoms with E-state index in [0.717, 1.165) is 0 Å². The third-order valence-corrected chi connectivity index (χ3v) is 2.50. The van der Waals surface area contributed by atoms with Crippen molar-refractivity contribution in [2.75, 3.05) is 13.7 Å². The highest BCUT2D eigenvalue weighted by atomic mass is 16.5. The Bertz CT molecular complexity index is 645. The van der Waals surface area contributed by atoms with Gasteiger partial charge in [0, 0.05) is 18.7 Å². The molecule has 5 heteroatoms. The molecule has 0 aliphatic rings. The molecule has 5 nitrogen and oxygen atoms in total. The van der Waals surface area contributed by atoms with Gasteiger partial charge in [0.05, 0.1) is 12.5 Å². The number of rotatable bonds is 3. The van der Waals surface area contributed by atoms with Crippen molar-refractivity contribution in [3.63, 3.8) is 0 Å². The van der Waals surface area contributed by atoms with Crippen LogP contribution in [0.1, 0.15) is 17.5 Å². The van der Waals surface area contributed by atoms with Crippen LogP contribution in [0.5, 0.6) is 5.75 Å². The van der Waals surface area contributed by atoms with Crippen LogP contribution in [-0.2, 0) is 0 Å². The topological polar surface area (TPSA) is 68.5 Å². The minimum Gasteiger partial charge on any atom is -0.497 e. The van der Waals surface area contributed by atoms with Gasteiger partial charge in [-0.3, -0.25) is 9.59 Å². The van der Waals surface area contributed by atoms with E-state index in [0.29, 0.717) is 23.3 Å². The van der Waals surface area contributed by atoms with Crippen LogP contribution in [0.2, 0.25) is 0 Å². The highest BCUT2D eigenvalue weighted by molar-refractivity contribution is 5.93. The van der Waals surface area contributed by atoms with E-state index in [-0.39, 0.29) is 11.2 Å². The molecule has 0 saturated heterocycles. The van der Waals surface area contributed by atoms with Crippen LogP contribution in [0, 0.1) is 0 Å². The summed E-state index contributed by atoms with van der Waals surface area (Å²) in [6, 6.07) is 6.06. The summed E-state index contributed by atoms with van der Waals surface area (Å²) in [6.45, 7) is 2.26. The number of methoxy groups -OCH3 is 1.